The van der Waals surface area contributed by atoms with Crippen LogP contribution in [0.4, 0.5) is 17.6 Å². The maximum absolute atomic E-state index is 13.7. The summed E-state index contributed by atoms with van der Waals surface area (Å²) in [5, 5.41) is 8.88. The van der Waals surface area contributed by atoms with Gasteiger partial charge < -0.3 is 5.32 Å². The van der Waals surface area contributed by atoms with Crippen LogP contribution in [0, 0.1) is 10.6 Å². The molecule has 0 bridgehead atoms. The largest absolute Gasteiger partial charge is 0.416 e. The zero-order chi connectivity index (χ0) is 19.6. The van der Waals surface area contributed by atoms with Gasteiger partial charge in [-0.05, 0) is 42.5 Å². The van der Waals surface area contributed by atoms with Crippen molar-refractivity contribution in [2.45, 2.75) is 12.7 Å². The van der Waals surface area contributed by atoms with E-state index in [2.05, 4.69) is 15.5 Å². The van der Waals surface area contributed by atoms with Crippen LogP contribution in [0.5, 0.6) is 0 Å². The van der Waals surface area contributed by atoms with E-state index in [4.69, 9.17) is 12.2 Å². The van der Waals surface area contributed by atoms with E-state index in [1.165, 1.54) is 34.9 Å². The highest BCUT2D eigenvalue weighted by Gasteiger charge is 2.30. The minimum Gasteiger partial charge on any atom is -0.345 e. The maximum Gasteiger partial charge on any atom is 0.416 e. The van der Waals surface area contributed by atoms with E-state index in [0.29, 0.717) is 0 Å². The number of rotatable bonds is 4. The van der Waals surface area contributed by atoms with E-state index in [1.807, 2.05) is 0 Å². The Morgan fingerprint density at radius 1 is 1.19 bits per heavy atom. The van der Waals surface area contributed by atoms with Gasteiger partial charge in [0.15, 0.2) is 10.6 Å². The third-order valence-electron chi connectivity index (χ3n) is 3.70. The van der Waals surface area contributed by atoms with E-state index in [9.17, 15) is 22.4 Å². The predicted octanol–water partition coefficient (Wildman–Crippen LogP) is 4.02. The van der Waals surface area contributed by atoms with Crippen LogP contribution in [-0.4, -0.2) is 20.7 Å². The number of aromatic amines is 1. The topological polar surface area (TPSA) is 62.7 Å². The average Bonchev–Trinajstić information content (AvgIpc) is 3.00. The highest BCUT2D eigenvalue weighted by Crippen LogP contribution is 2.30. The van der Waals surface area contributed by atoms with Gasteiger partial charge in [0.1, 0.15) is 5.82 Å². The van der Waals surface area contributed by atoms with E-state index in [0.717, 1.165) is 18.2 Å². The van der Waals surface area contributed by atoms with Gasteiger partial charge in [0.2, 0.25) is 0 Å². The highest BCUT2D eigenvalue weighted by atomic mass is 32.1. The molecule has 0 fully saturated rings. The summed E-state index contributed by atoms with van der Waals surface area (Å²) in [4.78, 5) is 12.1. The number of benzene rings is 2. The molecule has 2 aromatic carbocycles. The van der Waals surface area contributed by atoms with Crippen LogP contribution in [0.15, 0.2) is 48.5 Å². The summed E-state index contributed by atoms with van der Waals surface area (Å²) in [7, 11) is 0. The van der Waals surface area contributed by atoms with E-state index in [1.54, 1.807) is 0 Å². The summed E-state index contributed by atoms with van der Waals surface area (Å²) in [5.74, 6) is -1.20. The van der Waals surface area contributed by atoms with Gasteiger partial charge in [-0.1, -0.05) is 18.2 Å². The van der Waals surface area contributed by atoms with Crippen molar-refractivity contribution in [3.05, 3.63) is 76.1 Å². The molecule has 0 saturated heterocycles. The molecule has 3 aromatic rings. The second-order valence-corrected chi connectivity index (χ2v) is 5.88. The molecule has 2 N–H and O–H groups in total. The fourth-order valence-electron chi connectivity index (χ4n) is 2.44. The number of halogens is 4. The number of H-pyrrole nitrogens is 1. The molecular weight excluding hydrogens is 384 g/mol. The molecule has 27 heavy (non-hydrogen) atoms. The van der Waals surface area contributed by atoms with Gasteiger partial charge >= 0.3 is 6.18 Å². The van der Waals surface area contributed by atoms with Crippen molar-refractivity contribution in [1.29, 1.82) is 0 Å². The lowest BCUT2D eigenvalue weighted by atomic mass is 10.2. The lowest BCUT2D eigenvalue weighted by molar-refractivity contribution is -0.137. The van der Waals surface area contributed by atoms with Crippen LogP contribution in [0.1, 0.15) is 21.7 Å². The Morgan fingerprint density at radius 3 is 2.63 bits per heavy atom. The minimum atomic E-state index is -4.51. The first kappa shape index (κ1) is 18.8. The summed E-state index contributed by atoms with van der Waals surface area (Å²) in [6.07, 6.45) is -4.51. The van der Waals surface area contributed by atoms with Gasteiger partial charge in [-0.2, -0.15) is 18.3 Å². The van der Waals surface area contributed by atoms with Crippen molar-refractivity contribution < 1.29 is 22.4 Å². The smallest absolute Gasteiger partial charge is 0.345 e. The molecule has 0 atom stereocenters. The molecular formula is C17H12F4N4OS. The van der Waals surface area contributed by atoms with Gasteiger partial charge in [-0.3, -0.25) is 14.5 Å². The maximum atomic E-state index is 13.7. The molecule has 0 spiro atoms. The molecule has 140 valence electrons. The highest BCUT2D eigenvalue weighted by molar-refractivity contribution is 7.71. The Hall–Kier alpha value is -3.01. The standard InChI is InChI=1S/C17H12F4N4OS/c18-13-7-2-1-6-12(13)15(26)22-9-14-23-24-16(27)25(14)11-5-3-4-10(8-11)17(19,20)21/h1-8H,9H2,(H,22,26)(H,24,27). The number of nitrogens with one attached hydrogen (secondary N) is 2. The Bertz CT molecular complexity index is 1040. The average molecular weight is 396 g/mol. The molecule has 0 unspecified atom stereocenters. The normalized spacial score (nSPS) is 11.4. The number of hydrogen-bond acceptors (Lipinski definition) is 3. The number of amides is 1. The lowest BCUT2D eigenvalue weighted by Gasteiger charge is -2.11. The number of carbonyl (C=O) groups is 1. The number of nitrogens with zero attached hydrogens (tertiary/aromatic N) is 2. The van der Waals surface area contributed by atoms with Crippen LogP contribution in [0.25, 0.3) is 5.69 Å². The van der Waals surface area contributed by atoms with Crippen LogP contribution >= 0.6 is 12.2 Å². The van der Waals surface area contributed by atoms with Crippen LogP contribution in [0.2, 0.25) is 0 Å². The van der Waals surface area contributed by atoms with Crippen molar-refractivity contribution in [3.8, 4) is 5.69 Å². The second kappa shape index (κ2) is 7.31. The quantitative estimate of drug-likeness (QED) is 0.517. The summed E-state index contributed by atoms with van der Waals surface area (Å²) >= 11 is 5.08. The number of alkyl halides is 3. The van der Waals surface area contributed by atoms with Crippen molar-refractivity contribution in [1.82, 2.24) is 20.1 Å². The first-order chi connectivity index (χ1) is 12.8. The first-order valence-electron chi connectivity index (χ1n) is 7.64. The predicted molar refractivity (Wildman–Crippen MR) is 91.3 cm³/mol. The number of carbonyl (C=O) groups excluding carboxylic acids is 1. The number of hydrogen-bond donors (Lipinski definition) is 2. The van der Waals surface area contributed by atoms with E-state index < -0.39 is 23.5 Å². The van der Waals surface area contributed by atoms with Crippen molar-refractivity contribution in [2.24, 2.45) is 0 Å². The third-order valence-corrected chi connectivity index (χ3v) is 3.97. The molecule has 10 heteroatoms. The van der Waals surface area contributed by atoms with Crippen LogP contribution < -0.4 is 5.32 Å². The molecule has 0 aliphatic heterocycles. The second-order valence-electron chi connectivity index (χ2n) is 5.49. The zero-order valence-corrected chi connectivity index (χ0v) is 14.4. The fraction of sp³-hybridized carbons (Fsp3) is 0.118. The Morgan fingerprint density at radius 2 is 1.93 bits per heavy atom. The fourth-order valence-corrected chi connectivity index (χ4v) is 2.69. The Kier molecular flexibility index (Phi) is 5.08. The Balaban J connectivity index is 1.87. The van der Waals surface area contributed by atoms with Crippen LogP contribution in [-0.2, 0) is 12.7 Å². The molecule has 0 aliphatic rings. The Labute approximate surface area is 155 Å². The monoisotopic (exact) mass is 396 g/mol. The lowest BCUT2D eigenvalue weighted by Crippen LogP contribution is -2.25. The SMILES string of the molecule is O=C(NCc1n[nH]c(=S)n1-c1cccc(C(F)(F)F)c1)c1ccccc1F. The van der Waals surface area contributed by atoms with E-state index in [-0.39, 0.29) is 28.4 Å². The summed E-state index contributed by atoms with van der Waals surface area (Å²) in [6.45, 7) is -0.170. The third kappa shape index (κ3) is 4.05. The minimum absolute atomic E-state index is 0.0597. The molecule has 1 amide bonds. The zero-order valence-electron chi connectivity index (χ0n) is 13.5. The first-order valence-corrected chi connectivity index (χ1v) is 8.05. The van der Waals surface area contributed by atoms with Gasteiger partial charge in [0.25, 0.3) is 5.91 Å². The van der Waals surface area contributed by atoms with Crippen LogP contribution in [0.3, 0.4) is 0 Å². The molecule has 1 heterocycles. The molecule has 0 saturated carbocycles. The molecule has 5 nitrogen and oxygen atoms in total. The van der Waals surface area contributed by atoms with Crippen molar-refractivity contribution >= 4 is 18.1 Å². The summed E-state index contributed by atoms with van der Waals surface area (Å²) < 4.78 is 53.8. The van der Waals surface area contributed by atoms with Crippen molar-refractivity contribution in [2.75, 3.05) is 0 Å². The van der Waals surface area contributed by atoms with E-state index >= 15 is 0 Å². The van der Waals surface area contributed by atoms with Crippen molar-refractivity contribution in [3.63, 3.8) is 0 Å². The van der Waals surface area contributed by atoms with Gasteiger partial charge in [-0.15, -0.1) is 0 Å². The molecule has 0 aliphatic carbocycles. The van der Waals surface area contributed by atoms with Gasteiger partial charge in [0.05, 0.1) is 23.4 Å². The van der Waals surface area contributed by atoms with Gasteiger partial charge in [0, 0.05) is 0 Å². The van der Waals surface area contributed by atoms with Gasteiger partial charge in [-0.25, -0.2) is 4.39 Å². The summed E-state index contributed by atoms with van der Waals surface area (Å²) in [6, 6.07) is 9.96. The summed E-state index contributed by atoms with van der Waals surface area (Å²) in [5.41, 5.74) is -0.861. The molecule has 0 radical (unpaired) electrons. The molecule has 3 rings (SSSR count). The number of aromatic nitrogens is 3. The molecule has 1 aromatic heterocycles.